The van der Waals surface area contributed by atoms with Gasteiger partial charge in [-0.15, -0.1) is 0 Å². The summed E-state index contributed by atoms with van der Waals surface area (Å²) in [5.41, 5.74) is 0. The van der Waals surface area contributed by atoms with Gasteiger partial charge in [-0.3, -0.25) is 0 Å². The van der Waals surface area contributed by atoms with Crippen LogP contribution in [0.5, 0.6) is 0 Å². The van der Waals surface area contributed by atoms with Crippen LogP contribution in [0.15, 0.2) is 48.5 Å². The molecule has 0 saturated carbocycles. The van der Waals surface area contributed by atoms with Gasteiger partial charge in [0, 0.05) is 0 Å². The van der Waals surface area contributed by atoms with Crippen molar-refractivity contribution in [3.05, 3.63) is 59.0 Å². The molecule has 0 heteroatoms. The third-order valence-corrected chi connectivity index (χ3v) is 3.37. The third kappa shape index (κ3) is 1.38. The molecule has 0 heterocycles. The summed E-state index contributed by atoms with van der Waals surface area (Å²) in [4.78, 5) is 0. The van der Waals surface area contributed by atoms with E-state index in [-0.39, 0.29) is 0 Å². The molecule has 0 bridgehead atoms. The largest absolute Gasteiger partial charge is 0.0905 e. The summed E-state index contributed by atoms with van der Waals surface area (Å²) in [5, 5.41) is 7.52. The minimum absolute atomic E-state index is 1.13. The molecule has 0 atom stereocenters. The fourth-order valence-corrected chi connectivity index (χ4v) is 2.57. The van der Waals surface area contributed by atoms with Crippen LogP contribution in [0.1, 0.15) is 6.92 Å². The first-order valence-electron chi connectivity index (χ1n) is 5.87. The van der Waals surface area contributed by atoms with E-state index in [1.165, 1.54) is 26.8 Å². The minimum atomic E-state index is 1.13. The standard InChI is InChI=1S/C17H14/c1-3-13-12(2)14-8-4-5-10-16(14)17-11-7-6-9-15(13)17/h3-11H,2H2,1H3/b13-3-. The Morgan fingerprint density at radius 3 is 1.82 bits per heavy atom. The molecule has 3 aromatic carbocycles. The maximum Gasteiger partial charge on any atom is -0.00991 e. The maximum atomic E-state index is 4.24. The highest BCUT2D eigenvalue weighted by atomic mass is 14.1. The maximum absolute atomic E-state index is 4.24. The lowest BCUT2D eigenvalue weighted by Gasteiger charge is -2.06. The molecule has 0 spiro atoms. The molecular formula is C17H14. The van der Waals surface area contributed by atoms with Gasteiger partial charge in [0.1, 0.15) is 0 Å². The monoisotopic (exact) mass is 218 g/mol. The summed E-state index contributed by atoms with van der Waals surface area (Å²) in [6.07, 6.45) is 2.15. The predicted molar refractivity (Wildman–Crippen MR) is 76.4 cm³/mol. The highest BCUT2D eigenvalue weighted by Crippen LogP contribution is 2.19. The van der Waals surface area contributed by atoms with Gasteiger partial charge in [0.15, 0.2) is 0 Å². The number of benzene rings is 3. The lowest BCUT2D eigenvalue weighted by Crippen LogP contribution is -2.24. The van der Waals surface area contributed by atoms with Crippen LogP contribution >= 0.6 is 0 Å². The van der Waals surface area contributed by atoms with Crippen molar-refractivity contribution in [3.8, 4) is 0 Å². The Labute approximate surface area is 101 Å². The van der Waals surface area contributed by atoms with E-state index < -0.39 is 0 Å². The molecule has 0 fully saturated rings. The summed E-state index contributed by atoms with van der Waals surface area (Å²) in [6, 6.07) is 17.0. The fraction of sp³-hybridized carbons (Fsp3) is 0.0588. The molecular weight excluding hydrogens is 204 g/mol. The van der Waals surface area contributed by atoms with E-state index in [4.69, 9.17) is 0 Å². The summed E-state index contributed by atoms with van der Waals surface area (Å²) in [6.45, 7) is 6.31. The zero-order valence-electron chi connectivity index (χ0n) is 9.90. The normalized spacial score (nSPS) is 12.4. The molecule has 3 aromatic rings. The number of hydrogen-bond donors (Lipinski definition) is 0. The van der Waals surface area contributed by atoms with E-state index in [1.54, 1.807) is 0 Å². The van der Waals surface area contributed by atoms with E-state index in [2.05, 4.69) is 68.1 Å². The van der Waals surface area contributed by atoms with Gasteiger partial charge in [-0.05, 0) is 38.9 Å². The SMILES string of the molecule is C=c1/c(=C/C)c2ccccc2c2ccccc12. The van der Waals surface area contributed by atoms with Crippen molar-refractivity contribution in [1.29, 1.82) is 0 Å². The Morgan fingerprint density at radius 2 is 1.24 bits per heavy atom. The quantitative estimate of drug-likeness (QED) is 0.508. The van der Waals surface area contributed by atoms with Crippen molar-refractivity contribution < 1.29 is 0 Å². The van der Waals surface area contributed by atoms with E-state index in [1.807, 2.05) is 0 Å². The average Bonchev–Trinajstić information content (AvgIpc) is 2.40. The van der Waals surface area contributed by atoms with E-state index >= 15 is 0 Å². The smallest absolute Gasteiger partial charge is 0.00991 e. The van der Waals surface area contributed by atoms with Gasteiger partial charge in [0.05, 0.1) is 0 Å². The molecule has 0 N–H and O–H groups in total. The van der Waals surface area contributed by atoms with Gasteiger partial charge in [-0.1, -0.05) is 61.2 Å². The van der Waals surface area contributed by atoms with Gasteiger partial charge < -0.3 is 0 Å². The fourth-order valence-electron chi connectivity index (χ4n) is 2.57. The molecule has 0 unspecified atom stereocenters. The number of fused-ring (bicyclic) bond motifs is 3. The predicted octanol–water partition coefficient (Wildman–Crippen LogP) is 3.20. The second-order valence-corrected chi connectivity index (χ2v) is 4.27. The zero-order valence-corrected chi connectivity index (χ0v) is 9.90. The zero-order chi connectivity index (χ0) is 11.8. The van der Waals surface area contributed by atoms with Crippen LogP contribution < -0.4 is 10.4 Å². The summed E-state index contributed by atoms with van der Waals surface area (Å²) < 4.78 is 0. The van der Waals surface area contributed by atoms with E-state index in [0.29, 0.717) is 0 Å². The molecule has 17 heavy (non-hydrogen) atoms. The Bertz CT molecular complexity index is 810. The van der Waals surface area contributed by atoms with Gasteiger partial charge >= 0.3 is 0 Å². The van der Waals surface area contributed by atoms with Gasteiger partial charge in [0.2, 0.25) is 0 Å². The molecule has 0 aliphatic carbocycles. The molecule has 0 amide bonds. The molecule has 0 radical (unpaired) electrons. The van der Waals surface area contributed by atoms with Crippen LogP contribution in [0.4, 0.5) is 0 Å². The van der Waals surface area contributed by atoms with Crippen molar-refractivity contribution in [2.75, 3.05) is 0 Å². The molecule has 0 saturated heterocycles. The second-order valence-electron chi connectivity index (χ2n) is 4.27. The molecule has 0 nitrogen and oxygen atoms in total. The van der Waals surface area contributed by atoms with Crippen LogP contribution in [0.3, 0.4) is 0 Å². The van der Waals surface area contributed by atoms with Gasteiger partial charge in [-0.2, -0.15) is 0 Å². The minimum Gasteiger partial charge on any atom is -0.0905 e. The Balaban J connectivity index is 2.80. The van der Waals surface area contributed by atoms with E-state index in [0.717, 1.165) is 5.22 Å². The van der Waals surface area contributed by atoms with Crippen molar-refractivity contribution in [2.24, 2.45) is 0 Å². The molecule has 0 aromatic heterocycles. The Kier molecular flexibility index (Phi) is 2.22. The third-order valence-electron chi connectivity index (χ3n) is 3.37. The van der Waals surface area contributed by atoms with Crippen molar-refractivity contribution in [1.82, 2.24) is 0 Å². The van der Waals surface area contributed by atoms with E-state index in [9.17, 15) is 0 Å². The van der Waals surface area contributed by atoms with Gasteiger partial charge in [0.25, 0.3) is 0 Å². The summed E-state index contributed by atoms with van der Waals surface area (Å²) in [7, 11) is 0. The topological polar surface area (TPSA) is 0 Å². The Hall–Kier alpha value is -2.08. The van der Waals surface area contributed by atoms with Gasteiger partial charge in [-0.25, -0.2) is 0 Å². The average molecular weight is 218 g/mol. The first kappa shape index (κ1) is 10.1. The highest BCUT2D eigenvalue weighted by molar-refractivity contribution is 6.07. The number of rotatable bonds is 0. The van der Waals surface area contributed by atoms with Crippen LogP contribution in [-0.4, -0.2) is 0 Å². The van der Waals surface area contributed by atoms with Crippen LogP contribution in [0, 0.1) is 0 Å². The molecule has 82 valence electrons. The molecule has 0 aliphatic rings. The second kappa shape index (κ2) is 3.74. The summed E-state index contributed by atoms with van der Waals surface area (Å²) >= 11 is 0. The van der Waals surface area contributed by atoms with Crippen molar-refractivity contribution >= 4 is 34.2 Å². The molecule has 0 aliphatic heterocycles. The number of hydrogen-bond acceptors (Lipinski definition) is 0. The Morgan fingerprint density at radius 1 is 0.765 bits per heavy atom. The van der Waals surface area contributed by atoms with Crippen LogP contribution in [0.25, 0.3) is 34.2 Å². The van der Waals surface area contributed by atoms with Crippen LogP contribution in [-0.2, 0) is 0 Å². The highest BCUT2D eigenvalue weighted by Gasteiger charge is 2.02. The molecule has 3 rings (SSSR count). The van der Waals surface area contributed by atoms with Crippen LogP contribution in [0.2, 0.25) is 0 Å². The summed E-state index contributed by atoms with van der Waals surface area (Å²) in [5.74, 6) is 0. The van der Waals surface area contributed by atoms with Crippen molar-refractivity contribution in [3.63, 3.8) is 0 Å². The lowest BCUT2D eigenvalue weighted by atomic mass is 9.98. The first-order valence-corrected chi connectivity index (χ1v) is 5.87. The lowest BCUT2D eigenvalue weighted by molar-refractivity contribution is 1.62. The first-order chi connectivity index (χ1) is 8.33. The van der Waals surface area contributed by atoms with Crippen molar-refractivity contribution in [2.45, 2.75) is 6.92 Å².